The first kappa shape index (κ1) is 24.2. The zero-order chi connectivity index (χ0) is 21.7. The van der Waals surface area contributed by atoms with Gasteiger partial charge in [-0.2, -0.15) is 0 Å². The Kier molecular flexibility index (Phi) is 9.19. The van der Waals surface area contributed by atoms with Crippen molar-refractivity contribution in [1.82, 2.24) is 0 Å². The van der Waals surface area contributed by atoms with E-state index >= 15 is 0 Å². The van der Waals surface area contributed by atoms with Crippen molar-refractivity contribution >= 4 is 103 Å². The number of aliphatic imine (C=N–C) groups is 2. The van der Waals surface area contributed by atoms with Gasteiger partial charge in [0.15, 0.2) is 0 Å². The highest BCUT2D eigenvalue weighted by atomic mass is 127. The second kappa shape index (κ2) is 11.4. The molecule has 0 unspecified atom stereocenters. The Morgan fingerprint density at radius 3 is 1.87 bits per heavy atom. The van der Waals surface area contributed by atoms with Crippen LogP contribution in [-0.2, 0) is 0 Å². The van der Waals surface area contributed by atoms with Crippen LogP contribution in [0.15, 0.2) is 64.6 Å². The maximum absolute atomic E-state index is 10.4. The molecule has 0 aliphatic heterocycles. The van der Waals surface area contributed by atoms with Gasteiger partial charge in [-0.25, -0.2) is 0 Å². The average molecular weight is 848 g/mol. The zero-order valence-corrected chi connectivity index (χ0v) is 24.1. The summed E-state index contributed by atoms with van der Waals surface area (Å²) in [7, 11) is 0. The van der Waals surface area contributed by atoms with Gasteiger partial charge in [0, 0.05) is 30.7 Å². The minimum Gasteiger partial charge on any atom is -0.506 e. The van der Waals surface area contributed by atoms with Crippen LogP contribution >= 0.6 is 90.4 Å². The van der Waals surface area contributed by atoms with Crippen LogP contribution in [0.3, 0.4) is 0 Å². The van der Waals surface area contributed by atoms with Crippen molar-refractivity contribution in [2.45, 2.75) is 6.04 Å². The molecule has 0 radical (unpaired) electrons. The highest BCUT2D eigenvalue weighted by Crippen LogP contribution is 2.28. The number of benzene rings is 3. The number of phenolic OH excluding ortho intramolecular Hbond substituents is 2. The van der Waals surface area contributed by atoms with E-state index in [1.165, 1.54) is 0 Å². The molecule has 0 saturated heterocycles. The molecule has 4 nitrogen and oxygen atoms in total. The topological polar surface area (TPSA) is 65.2 Å². The maximum atomic E-state index is 10.4. The van der Waals surface area contributed by atoms with Gasteiger partial charge in [0.1, 0.15) is 11.5 Å². The van der Waals surface area contributed by atoms with Crippen molar-refractivity contribution in [3.63, 3.8) is 0 Å². The molecule has 0 bridgehead atoms. The third-order valence-corrected chi connectivity index (χ3v) is 7.09. The van der Waals surface area contributed by atoms with E-state index in [4.69, 9.17) is 4.99 Å². The normalized spacial score (nSPS) is 12.7. The van der Waals surface area contributed by atoms with Crippen LogP contribution in [0.5, 0.6) is 11.5 Å². The summed E-state index contributed by atoms with van der Waals surface area (Å²) in [5, 5.41) is 20.6. The van der Waals surface area contributed by atoms with Crippen LogP contribution in [0.2, 0.25) is 0 Å². The van der Waals surface area contributed by atoms with E-state index < -0.39 is 0 Å². The molecule has 0 spiro atoms. The first-order chi connectivity index (χ1) is 14.3. The minimum atomic E-state index is -0.207. The van der Waals surface area contributed by atoms with Crippen molar-refractivity contribution in [3.8, 4) is 11.5 Å². The summed E-state index contributed by atoms with van der Waals surface area (Å²) >= 11 is 8.68. The predicted molar refractivity (Wildman–Crippen MR) is 156 cm³/mol. The smallest absolute Gasteiger partial charge is 0.137 e. The van der Waals surface area contributed by atoms with E-state index in [0.29, 0.717) is 17.7 Å². The standard InChI is InChI=1S/C22H16I4N2O2/c23-16-6-14(21(29)18(25)8-16)10-27-12-20(13-4-2-1-3-5-13)28-11-15-7-17(24)9-19(26)22(15)30/h1-11,20,29-30H,12H2/t20-/m1/s1. The molecule has 0 fully saturated rings. The van der Waals surface area contributed by atoms with E-state index in [-0.39, 0.29) is 17.5 Å². The third kappa shape index (κ3) is 6.51. The molecule has 3 rings (SSSR count). The lowest BCUT2D eigenvalue weighted by atomic mass is 10.1. The molecule has 0 aliphatic rings. The molecule has 0 aromatic heterocycles. The molecule has 0 heterocycles. The van der Waals surface area contributed by atoms with Gasteiger partial charge in [-0.15, -0.1) is 0 Å². The first-order valence-electron chi connectivity index (χ1n) is 8.79. The fourth-order valence-corrected chi connectivity index (χ4v) is 6.48. The number of phenols is 2. The van der Waals surface area contributed by atoms with Crippen LogP contribution < -0.4 is 0 Å². The maximum Gasteiger partial charge on any atom is 0.137 e. The Bertz CT molecular complexity index is 1100. The lowest BCUT2D eigenvalue weighted by molar-refractivity contribution is 0.470. The number of hydrogen-bond donors (Lipinski definition) is 2. The average Bonchev–Trinajstić information content (AvgIpc) is 2.72. The summed E-state index contributed by atoms with van der Waals surface area (Å²) in [6.07, 6.45) is 3.40. The van der Waals surface area contributed by atoms with Gasteiger partial charge >= 0.3 is 0 Å². The molecule has 3 aromatic carbocycles. The van der Waals surface area contributed by atoms with Gasteiger partial charge in [-0.05, 0) is 120 Å². The Hall–Kier alpha value is -0.480. The monoisotopic (exact) mass is 848 g/mol. The number of aromatic hydroxyl groups is 2. The number of rotatable bonds is 6. The summed E-state index contributed by atoms with van der Waals surface area (Å²) < 4.78 is 3.66. The summed E-state index contributed by atoms with van der Waals surface area (Å²) in [4.78, 5) is 9.29. The molecule has 1 atom stereocenters. The van der Waals surface area contributed by atoms with Crippen molar-refractivity contribution in [2.24, 2.45) is 9.98 Å². The lowest BCUT2D eigenvalue weighted by Gasteiger charge is -2.11. The second-order valence-corrected chi connectivity index (χ2v) is 11.2. The fourth-order valence-electron chi connectivity index (χ4n) is 2.70. The molecule has 154 valence electrons. The van der Waals surface area contributed by atoms with E-state index in [0.717, 1.165) is 19.8 Å². The van der Waals surface area contributed by atoms with Crippen LogP contribution in [0, 0.1) is 14.3 Å². The van der Waals surface area contributed by atoms with E-state index in [1.807, 2.05) is 54.6 Å². The van der Waals surface area contributed by atoms with Gasteiger partial charge in [-0.1, -0.05) is 30.3 Å². The number of nitrogens with zero attached hydrogens (tertiary/aromatic N) is 2. The fraction of sp³-hybridized carbons (Fsp3) is 0.0909. The largest absolute Gasteiger partial charge is 0.506 e. The van der Waals surface area contributed by atoms with Crippen molar-refractivity contribution < 1.29 is 10.2 Å². The second-order valence-electron chi connectivity index (χ2n) is 6.35. The van der Waals surface area contributed by atoms with Crippen LogP contribution in [-0.4, -0.2) is 29.2 Å². The van der Waals surface area contributed by atoms with Gasteiger partial charge in [0.05, 0.1) is 19.7 Å². The Labute approximate surface area is 229 Å². The molecule has 30 heavy (non-hydrogen) atoms. The molecule has 2 N–H and O–H groups in total. The molecular weight excluding hydrogens is 832 g/mol. The van der Waals surface area contributed by atoms with E-state index in [1.54, 1.807) is 12.4 Å². The number of halogens is 4. The van der Waals surface area contributed by atoms with Gasteiger partial charge < -0.3 is 10.2 Å². The molecule has 3 aromatic rings. The Morgan fingerprint density at radius 1 is 0.767 bits per heavy atom. The van der Waals surface area contributed by atoms with E-state index in [9.17, 15) is 10.2 Å². The SMILES string of the molecule is Oc1c(I)cc(I)cc1C=NC[C@@H](N=Cc1cc(I)cc(I)c1O)c1ccccc1. The van der Waals surface area contributed by atoms with Crippen LogP contribution in [0.25, 0.3) is 0 Å². The summed E-state index contributed by atoms with van der Waals surface area (Å²) in [5.74, 6) is 0.464. The predicted octanol–water partition coefficient (Wildman–Crippen LogP) is 6.80. The highest BCUT2D eigenvalue weighted by molar-refractivity contribution is 14.1. The molecule has 0 aliphatic carbocycles. The highest BCUT2D eigenvalue weighted by Gasteiger charge is 2.11. The lowest BCUT2D eigenvalue weighted by Crippen LogP contribution is -2.02. The third-order valence-electron chi connectivity index (χ3n) is 4.20. The number of hydrogen-bond acceptors (Lipinski definition) is 4. The first-order valence-corrected chi connectivity index (χ1v) is 13.1. The Balaban J connectivity index is 1.88. The van der Waals surface area contributed by atoms with Crippen LogP contribution in [0.1, 0.15) is 22.7 Å². The minimum absolute atomic E-state index is 0.207. The zero-order valence-electron chi connectivity index (χ0n) is 15.4. The summed E-state index contributed by atoms with van der Waals surface area (Å²) in [5.41, 5.74) is 2.40. The summed E-state index contributed by atoms with van der Waals surface area (Å²) in [6, 6.07) is 17.4. The Morgan fingerprint density at radius 2 is 1.30 bits per heavy atom. The van der Waals surface area contributed by atoms with Gasteiger partial charge in [0.25, 0.3) is 0 Å². The summed E-state index contributed by atoms with van der Waals surface area (Å²) in [6.45, 7) is 0.420. The quantitative estimate of drug-likeness (QED) is 0.212. The van der Waals surface area contributed by atoms with Crippen molar-refractivity contribution in [1.29, 1.82) is 0 Å². The molecular formula is C22H16I4N2O2. The molecule has 8 heteroatoms. The van der Waals surface area contributed by atoms with Crippen LogP contribution in [0.4, 0.5) is 0 Å². The van der Waals surface area contributed by atoms with Gasteiger partial charge in [0.2, 0.25) is 0 Å². The van der Waals surface area contributed by atoms with E-state index in [2.05, 4.69) is 95.4 Å². The van der Waals surface area contributed by atoms with Crippen molar-refractivity contribution in [2.75, 3.05) is 6.54 Å². The molecule has 0 saturated carbocycles. The van der Waals surface area contributed by atoms with Crippen molar-refractivity contribution in [3.05, 3.63) is 85.6 Å². The van der Waals surface area contributed by atoms with Gasteiger partial charge in [-0.3, -0.25) is 9.98 Å². The molecule has 0 amide bonds.